The van der Waals surface area contributed by atoms with E-state index in [1.165, 1.54) is 0 Å². The highest BCUT2D eigenvalue weighted by Gasteiger charge is 2.39. The zero-order chi connectivity index (χ0) is 26.4. The number of carbonyl (C=O) groups is 1. The van der Waals surface area contributed by atoms with Crippen molar-refractivity contribution in [2.45, 2.75) is 46.3 Å². The summed E-state index contributed by atoms with van der Waals surface area (Å²) in [6.45, 7) is 7.82. The summed E-state index contributed by atoms with van der Waals surface area (Å²) >= 11 is 0. The Hall–Kier alpha value is -2.60. The van der Waals surface area contributed by atoms with Crippen molar-refractivity contribution in [2.24, 2.45) is 11.8 Å². The van der Waals surface area contributed by atoms with E-state index in [-0.39, 0.29) is 24.0 Å². The molecule has 0 bridgehead atoms. The Morgan fingerprint density at radius 2 is 0.971 bits per heavy atom. The number of carboxylic acids is 1. The lowest BCUT2D eigenvalue weighted by Gasteiger charge is -2.20. The highest BCUT2D eigenvalue weighted by atomic mass is 31.2. The summed E-state index contributed by atoms with van der Waals surface area (Å²) in [7, 11) is -3.15. The van der Waals surface area contributed by atoms with Gasteiger partial charge < -0.3 is 15.3 Å². The summed E-state index contributed by atoms with van der Waals surface area (Å²) in [5.74, 6) is -0.401. The molecule has 0 aliphatic heterocycles. The molecular weight excluding hydrogens is 463 g/mol. The molecule has 6 nitrogen and oxygen atoms in total. The van der Waals surface area contributed by atoms with E-state index >= 15 is 0 Å². The molecule has 2 unspecified atom stereocenters. The first-order valence-electron chi connectivity index (χ1n) is 11.6. The average molecular weight is 502 g/mol. The van der Waals surface area contributed by atoms with Crippen molar-refractivity contribution in [1.29, 1.82) is 0 Å². The molecular formula is C28H38O6P+. The van der Waals surface area contributed by atoms with Gasteiger partial charge in [-0.25, -0.2) is 14.6 Å². The number of aromatic carboxylic acids is 1. The molecule has 2 atom stereocenters. The third-order valence-corrected chi connectivity index (χ3v) is 7.31. The predicted octanol–water partition coefficient (Wildman–Crippen LogP) is 4.26. The summed E-state index contributed by atoms with van der Waals surface area (Å²) in [6, 6.07) is 26.2. The maximum atomic E-state index is 10.2. The Morgan fingerprint density at radius 3 is 1.23 bits per heavy atom. The van der Waals surface area contributed by atoms with Crippen molar-refractivity contribution in [2.75, 3.05) is 0 Å². The van der Waals surface area contributed by atoms with Crippen LogP contribution in [0.4, 0.5) is 0 Å². The van der Waals surface area contributed by atoms with Crippen LogP contribution in [-0.4, -0.2) is 43.3 Å². The minimum absolute atomic E-state index is 0.239. The predicted molar refractivity (Wildman–Crippen MR) is 143 cm³/mol. The van der Waals surface area contributed by atoms with Gasteiger partial charge in [-0.15, -0.1) is 0 Å². The van der Waals surface area contributed by atoms with Gasteiger partial charge in [-0.2, -0.15) is 0 Å². The number of rotatable bonds is 7. The molecule has 3 aromatic rings. The first-order valence-corrected chi connectivity index (χ1v) is 13.3. The summed E-state index contributed by atoms with van der Waals surface area (Å²) in [6.07, 6.45) is -0.241. The molecule has 3 aromatic carbocycles. The molecule has 3 rings (SSSR count). The Morgan fingerprint density at radius 1 is 0.657 bits per heavy atom. The van der Waals surface area contributed by atoms with Crippen LogP contribution in [0.1, 0.15) is 44.5 Å². The van der Waals surface area contributed by atoms with Crippen LogP contribution in [0.3, 0.4) is 0 Å². The van der Waals surface area contributed by atoms with Gasteiger partial charge >= 0.3 is 13.7 Å². The minimum atomic E-state index is -3.15. The molecule has 0 aliphatic carbocycles. The lowest BCUT2D eigenvalue weighted by molar-refractivity contribution is 0.0326. The topological polar surface area (TPSA) is 118 Å². The first kappa shape index (κ1) is 30.4. The lowest BCUT2D eigenvalue weighted by atomic mass is 9.95. The van der Waals surface area contributed by atoms with E-state index < -0.39 is 13.7 Å². The standard InChI is InChI=1S/C12H12O2P.C9H20O2.C7H6O2/c13-15(14,11-7-3-1-4-8-11)12-9-5-2-6-10-12;1-6(2)8(10)5-9(11)7(3)4;8-7(9)6-4-2-1-3-5-6/h1-10,13-14H;6-11H,5H2,1-4H3;1-5H,(H,8,9)/q+1;;. The van der Waals surface area contributed by atoms with Crippen molar-refractivity contribution in [3.05, 3.63) is 96.6 Å². The maximum absolute atomic E-state index is 10.2. The average Bonchev–Trinajstić information content (AvgIpc) is 2.86. The zero-order valence-corrected chi connectivity index (χ0v) is 21.7. The fourth-order valence-electron chi connectivity index (χ4n) is 2.79. The number of aliphatic hydroxyl groups is 2. The summed E-state index contributed by atoms with van der Waals surface area (Å²) in [5.41, 5.74) is 0.331. The van der Waals surface area contributed by atoms with Crippen LogP contribution >= 0.6 is 7.72 Å². The normalized spacial score (nSPS) is 12.6. The monoisotopic (exact) mass is 501 g/mol. The van der Waals surface area contributed by atoms with Crippen molar-refractivity contribution in [3.8, 4) is 0 Å². The molecule has 0 saturated carbocycles. The van der Waals surface area contributed by atoms with E-state index in [4.69, 9.17) is 5.11 Å². The van der Waals surface area contributed by atoms with Crippen molar-refractivity contribution in [1.82, 2.24) is 0 Å². The smallest absolute Gasteiger partial charge is 0.335 e. The molecule has 0 saturated heterocycles. The van der Waals surface area contributed by atoms with Crippen LogP contribution in [-0.2, 0) is 0 Å². The molecule has 0 spiro atoms. The molecule has 7 heteroatoms. The summed E-state index contributed by atoms with van der Waals surface area (Å²) in [4.78, 5) is 30.4. The van der Waals surface area contributed by atoms with E-state index in [0.717, 1.165) is 0 Å². The van der Waals surface area contributed by atoms with Gasteiger partial charge in [-0.3, -0.25) is 0 Å². The fourth-order valence-corrected chi connectivity index (χ4v) is 4.27. The van der Waals surface area contributed by atoms with Crippen molar-refractivity contribution >= 4 is 24.3 Å². The van der Waals surface area contributed by atoms with Crippen LogP contribution in [0, 0.1) is 11.8 Å². The summed E-state index contributed by atoms with van der Waals surface area (Å²) < 4.78 is 0. The van der Waals surface area contributed by atoms with E-state index in [0.29, 0.717) is 22.6 Å². The van der Waals surface area contributed by atoms with Crippen molar-refractivity contribution in [3.63, 3.8) is 0 Å². The molecule has 0 aromatic heterocycles. The van der Waals surface area contributed by atoms with Gasteiger partial charge in [0.15, 0.2) is 10.6 Å². The number of hydrogen-bond acceptors (Lipinski definition) is 5. The van der Waals surface area contributed by atoms with Crippen LogP contribution < -0.4 is 10.6 Å². The maximum Gasteiger partial charge on any atom is 0.335 e. The van der Waals surface area contributed by atoms with Gasteiger partial charge in [-0.1, -0.05) is 82.3 Å². The van der Waals surface area contributed by atoms with Gasteiger partial charge in [0.2, 0.25) is 0 Å². The van der Waals surface area contributed by atoms with Gasteiger partial charge in [0, 0.05) is 0 Å². The fraction of sp³-hybridized carbons (Fsp3) is 0.321. The van der Waals surface area contributed by atoms with Crippen LogP contribution in [0.5, 0.6) is 0 Å². The highest BCUT2D eigenvalue weighted by molar-refractivity contribution is 7.79. The molecule has 5 N–H and O–H groups in total. The molecule has 0 fully saturated rings. The highest BCUT2D eigenvalue weighted by Crippen LogP contribution is 2.46. The molecule has 0 heterocycles. The number of benzene rings is 3. The van der Waals surface area contributed by atoms with Crippen LogP contribution in [0.15, 0.2) is 91.0 Å². The third-order valence-electron chi connectivity index (χ3n) is 5.28. The lowest BCUT2D eigenvalue weighted by Crippen LogP contribution is -2.25. The Kier molecular flexibility index (Phi) is 13.4. The second kappa shape index (κ2) is 15.4. The van der Waals surface area contributed by atoms with Gasteiger partial charge in [0.25, 0.3) is 0 Å². The Labute approximate surface area is 209 Å². The second-order valence-corrected chi connectivity index (χ2v) is 11.0. The van der Waals surface area contributed by atoms with Gasteiger partial charge in [0.05, 0.1) is 17.8 Å². The van der Waals surface area contributed by atoms with Crippen LogP contribution in [0.2, 0.25) is 0 Å². The molecule has 190 valence electrons. The third kappa shape index (κ3) is 11.1. The van der Waals surface area contributed by atoms with Gasteiger partial charge in [-0.05, 0) is 54.7 Å². The molecule has 0 aliphatic rings. The summed E-state index contributed by atoms with van der Waals surface area (Å²) in [5, 5.41) is 28.3. The SMILES string of the molecule is CC(C)C(O)CC(O)C(C)C.O=C(O)c1ccccc1.O[P+](O)(c1ccccc1)c1ccccc1. The molecule has 0 amide bonds. The van der Waals surface area contributed by atoms with Gasteiger partial charge in [0.1, 0.15) is 0 Å². The van der Waals surface area contributed by atoms with Crippen molar-refractivity contribution < 1.29 is 29.9 Å². The van der Waals surface area contributed by atoms with E-state index in [9.17, 15) is 24.8 Å². The van der Waals surface area contributed by atoms with Crippen LogP contribution in [0.25, 0.3) is 0 Å². The quantitative estimate of drug-likeness (QED) is 0.309. The number of hydrogen-bond donors (Lipinski definition) is 5. The second-order valence-electron chi connectivity index (χ2n) is 8.80. The van der Waals surface area contributed by atoms with E-state index in [1.54, 1.807) is 78.9 Å². The minimum Gasteiger partial charge on any atom is -0.478 e. The number of aliphatic hydroxyl groups excluding tert-OH is 2. The largest absolute Gasteiger partial charge is 0.478 e. The first-order chi connectivity index (χ1) is 16.5. The molecule has 0 radical (unpaired) electrons. The number of carboxylic acid groups (broad SMARTS) is 1. The Balaban J connectivity index is 0.000000273. The molecule has 35 heavy (non-hydrogen) atoms. The van der Waals surface area contributed by atoms with E-state index in [1.807, 2.05) is 39.8 Å². The van der Waals surface area contributed by atoms with E-state index in [2.05, 4.69) is 0 Å². The Bertz CT molecular complexity index is 909. The zero-order valence-electron chi connectivity index (χ0n) is 20.8.